The lowest BCUT2D eigenvalue weighted by molar-refractivity contribution is -0.117. The van der Waals surface area contributed by atoms with E-state index in [9.17, 15) is 4.79 Å². The van der Waals surface area contributed by atoms with Crippen molar-refractivity contribution in [1.82, 2.24) is 10.2 Å². The van der Waals surface area contributed by atoms with Crippen LogP contribution in [0.1, 0.15) is 26.2 Å². The van der Waals surface area contributed by atoms with Gasteiger partial charge in [0.1, 0.15) is 5.03 Å². The van der Waals surface area contributed by atoms with Crippen molar-refractivity contribution in [2.24, 2.45) is 5.73 Å². The zero-order valence-corrected chi connectivity index (χ0v) is 11.7. The van der Waals surface area contributed by atoms with Crippen molar-refractivity contribution in [3.05, 3.63) is 30.5 Å². The van der Waals surface area contributed by atoms with E-state index in [1.807, 2.05) is 24.3 Å². The molecule has 2 aromatic rings. The van der Waals surface area contributed by atoms with Crippen molar-refractivity contribution in [2.75, 3.05) is 0 Å². The Kier molecular flexibility index (Phi) is 4.74. The van der Waals surface area contributed by atoms with E-state index in [-0.39, 0.29) is 11.2 Å². The molecule has 100 valence electrons. The summed E-state index contributed by atoms with van der Waals surface area (Å²) in [7, 11) is 0. The number of carbonyl (C=O) groups is 1. The molecule has 0 saturated heterocycles. The molecule has 1 atom stereocenters. The van der Waals surface area contributed by atoms with Gasteiger partial charge in [0.05, 0.1) is 11.4 Å². The molecule has 0 aliphatic rings. The Labute approximate surface area is 116 Å². The largest absolute Gasteiger partial charge is 0.369 e. The van der Waals surface area contributed by atoms with E-state index < -0.39 is 0 Å². The maximum atomic E-state index is 11.5. The number of rotatable bonds is 6. The average Bonchev–Trinajstić information content (AvgIpc) is 2.43. The molecule has 0 unspecified atom stereocenters. The summed E-state index contributed by atoms with van der Waals surface area (Å²) in [6, 6.07) is 7.89. The lowest BCUT2D eigenvalue weighted by atomic mass is 10.2. The minimum Gasteiger partial charge on any atom is -0.369 e. The van der Waals surface area contributed by atoms with Crippen LogP contribution in [-0.4, -0.2) is 21.4 Å². The quantitative estimate of drug-likeness (QED) is 0.823. The van der Waals surface area contributed by atoms with Crippen molar-refractivity contribution in [3.63, 3.8) is 0 Å². The van der Waals surface area contributed by atoms with Gasteiger partial charge in [0.2, 0.25) is 5.91 Å². The van der Waals surface area contributed by atoms with Gasteiger partial charge in [-0.25, -0.2) is 0 Å². The molecule has 0 fully saturated rings. The highest BCUT2D eigenvalue weighted by molar-refractivity contribution is 8.00. The number of hydrogen-bond donors (Lipinski definition) is 1. The topological polar surface area (TPSA) is 68.9 Å². The Morgan fingerprint density at radius 2 is 2.21 bits per heavy atom. The molecule has 1 amide bonds. The standard InChI is InChI=1S/C14H17N3OS/c1-2-3-8-12(13(15)18)19-14-11-7-5-4-6-10(11)9-16-17-14/h4-7,9,12H,2-3,8H2,1H3,(H2,15,18)/t12-/m0/s1. The Morgan fingerprint density at radius 3 is 2.95 bits per heavy atom. The van der Waals surface area contributed by atoms with Gasteiger partial charge in [0.15, 0.2) is 0 Å². The van der Waals surface area contributed by atoms with Crippen LogP contribution in [0.3, 0.4) is 0 Å². The molecule has 2 N–H and O–H groups in total. The van der Waals surface area contributed by atoms with Gasteiger partial charge in [-0.15, -0.1) is 5.10 Å². The van der Waals surface area contributed by atoms with Gasteiger partial charge in [0, 0.05) is 10.8 Å². The van der Waals surface area contributed by atoms with Crippen LogP contribution in [0.2, 0.25) is 0 Å². The second-order valence-corrected chi connectivity index (χ2v) is 5.58. The summed E-state index contributed by atoms with van der Waals surface area (Å²) in [4.78, 5) is 11.5. The Morgan fingerprint density at radius 1 is 1.42 bits per heavy atom. The first-order valence-corrected chi connectivity index (χ1v) is 7.26. The van der Waals surface area contributed by atoms with Crippen molar-refractivity contribution in [3.8, 4) is 0 Å². The van der Waals surface area contributed by atoms with Crippen LogP contribution in [0.5, 0.6) is 0 Å². The van der Waals surface area contributed by atoms with Gasteiger partial charge >= 0.3 is 0 Å². The second kappa shape index (κ2) is 6.52. The lowest BCUT2D eigenvalue weighted by Crippen LogP contribution is -2.25. The van der Waals surface area contributed by atoms with Crippen LogP contribution < -0.4 is 5.73 Å². The van der Waals surface area contributed by atoms with Crippen LogP contribution in [0, 0.1) is 0 Å². The number of fused-ring (bicyclic) bond motifs is 1. The molecule has 0 bridgehead atoms. The Hall–Kier alpha value is -1.62. The van der Waals surface area contributed by atoms with E-state index >= 15 is 0 Å². The molecule has 0 radical (unpaired) electrons. The number of unbranched alkanes of at least 4 members (excludes halogenated alkanes) is 1. The molecule has 1 aromatic carbocycles. The van der Waals surface area contributed by atoms with Gasteiger partial charge in [0.25, 0.3) is 0 Å². The fourth-order valence-corrected chi connectivity index (χ4v) is 2.95. The number of hydrogen-bond acceptors (Lipinski definition) is 4. The van der Waals surface area contributed by atoms with Gasteiger partial charge in [-0.3, -0.25) is 4.79 Å². The fourth-order valence-electron chi connectivity index (χ4n) is 1.87. The first-order valence-electron chi connectivity index (χ1n) is 6.38. The molecular formula is C14H17N3OS. The van der Waals surface area contributed by atoms with E-state index in [0.29, 0.717) is 0 Å². The number of primary amides is 1. The number of amides is 1. The predicted octanol–water partition coefficient (Wildman–Crippen LogP) is 2.77. The van der Waals surface area contributed by atoms with Crippen molar-refractivity contribution >= 4 is 28.4 Å². The summed E-state index contributed by atoms with van der Waals surface area (Å²) in [6.45, 7) is 2.10. The third kappa shape index (κ3) is 3.44. The van der Waals surface area contributed by atoms with Gasteiger partial charge < -0.3 is 5.73 Å². The van der Waals surface area contributed by atoms with E-state index in [0.717, 1.165) is 35.1 Å². The van der Waals surface area contributed by atoms with Crippen molar-refractivity contribution in [1.29, 1.82) is 0 Å². The minimum absolute atomic E-state index is 0.236. The van der Waals surface area contributed by atoms with Crippen LogP contribution >= 0.6 is 11.8 Å². The maximum absolute atomic E-state index is 11.5. The summed E-state index contributed by atoms with van der Waals surface area (Å²) in [5.74, 6) is -0.284. The number of nitrogens with two attached hydrogens (primary N) is 1. The first-order chi connectivity index (χ1) is 9.22. The van der Waals surface area contributed by atoms with E-state index in [1.54, 1.807) is 6.20 Å². The van der Waals surface area contributed by atoms with Gasteiger partial charge in [-0.1, -0.05) is 55.8 Å². The first kappa shape index (κ1) is 13.8. The number of benzene rings is 1. The van der Waals surface area contributed by atoms with Crippen LogP contribution in [0.25, 0.3) is 10.8 Å². The minimum atomic E-state index is -0.284. The van der Waals surface area contributed by atoms with Crippen molar-refractivity contribution in [2.45, 2.75) is 36.5 Å². The normalized spacial score (nSPS) is 12.5. The molecule has 0 spiro atoms. The molecule has 0 saturated carbocycles. The molecule has 0 aliphatic heterocycles. The van der Waals surface area contributed by atoms with Crippen molar-refractivity contribution < 1.29 is 4.79 Å². The molecule has 1 heterocycles. The zero-order chi connectivity index (χ0) is 13.7. The van der Waals surface area contributed by atoms with E-state index in [2.05, 4.69) is 17.1 Å². The Bertz CT molecular complexity index is 568. The summed E-state index contributed by atoms with van der Waals surface area (Å²) < 4.78 is 0. The molecule has 4 nitrogen and oxygen atoms in total. The van der Waals surface area contributed by atoms with E-state index in [4.69, 9.17) is 5.73 Å². The number of aromatic nitrogens is 2. The molecular weight excluding hydrogens is 258 g/mol. The predicted molar refractivity (Wildman–Crippen MR) is 77.9 cm³/mol. The third-order valence-electron chi connectivity index (χ3n) is 2.93. The number of nitrogens with zero attached hydrogens (tertiary/aromatic N) is 2. The molecule has 2 rings (SSSR count). The molecule has 1 aromatic heterocycles. The zero-order valence-electron chi connectivity index (χ0n) is 10.9. The van der Waals surface area contributed by atoms with Crippen LogP contribution in [0.15, 0.2) is 35.5 Å². The summed E-state index contributed by atoms with van der Waals surface area (Å²) >= 11 is 1.42. The molecule has 0 aliphatic carbocycles. The third-order valence-corrected chi connectivity index (χ3v) is 4.21. The highest BCUT2D eigenvalue weighted by Crippen LogP contribution is 2.30. The van der Waals surface area contributed by atoms with Gasteiger partial charge in [-0.05, 0) is 6.42 Å². The summed E-state index contributed by atoms with van der Waals surface area (Å²) in [6.07, 6.45) is 4.54. The summed E-state index contributed by atoms with van der Waals surface area (Å²) in [5, 5.41) is 10.7. The number of thioether (sulfide) groups is 1. The summed E-state index contributed by atoms with van der Waals surface area (Å²) in [5.41, 5.74) is 5.46. The fraction of sp³-hybridized carbons (Fsp3) is 0.357. The number of carbonyl (C=O) groups excluding carboxylic acids is 1. The molecule has 5 heteroatoms. The Balaban J connectivity index is 2.26. The van der Waals surface area contributed by atoms with E-state index in [1.165, 1.54) is 11.8 Å². The smallest absolute Gasteiger partial charge is 0.230 e. The van der Waals surface area contributed by atoms with Crippen LogP contribution in [0.4, 0.5) is 0 Å². The van der Waals surface area contributed by atoms with Crippen LogP contribution in [-0.2, 0) is 4.79 Å². The van der Waals surface area contributed by atoms with Gasteiger partial charge in [-0.2, -0.15) is 5.10 Å². The second-order valence-electron chi connectivity index (χ2n) is 4.39. The highest BCUT2D eigenvalue weighted by Gasteiger charge is 2.18. The lowest BCUT2D eigenvalue weighted by Gasteiger charge is -2.12. The SMILES string of the molecule is CCCC[C@H](Sc1nncc2ccccc12)C(N)=O. The molecule has 19 heavy (non-hydrogen) atoms. The monoisotopic (exact) mass is 275 g/mol. The average molecular weight is 275 g/mol. The highest BCUT2D eigenvalue weighted by atomic mass is 32.2. The maximum Gasteiger partial charge on any atom is 0.230 e.